The number of aliphatic imine (C=N–C) groups is 1. The normalized spacial score (nSPS) is 10.8. The molecule has 0 spiro atoms. The van der Waals surface area contributed by atoms with Crippen molar-refractivity contribution in [1.29, 1.82) is 0 Å². The summed E-state index contributed by atoms with van der Waals surface area (Å²) in [6.07, 6.45) is 0.869. The lowest BCUT2D eigenvalue weighted by molar-refractivity contribution is 0.208. The number of guanidine groups is 1. The van der Waals surface area contributed by atoms with Crippen LogP contribution in [0, 0.1) is 0 Å². The number of hydrogen-bond acceptors (Lipinski definition) is 2. The standard InChI is InChI=1S/C14H22ClN3O.HI/c1-3-16-14(18-10-11-19-2)17-9-8-12-6-4-5-7-13(12)15;/h4-7H,3,8-11H2,1-2H3,(H2,16,17,18);1H. The van der Waals surface area contributed by atoms with Crippen LogP contribution in [0.15, 0.2) is 29.3 Å². The lowest BCUT2D eigenvalue weighted by Gasteiger charge is -2.11. The van der Waals surface area contributed by atoms with Gasteiger partial charge in [0.15, 0.2) is 5.96 Å². The average molecular weight is 412 g/mol. The van der Waals surface area contributed by atoms with Crippen LogP contribution in [0.2, 0.25) is 5.02 Å². The second-order valence-electron chi connectivity index (χ2n) is 4.02. The van der Waals surface area contributed by atoms with E-state index in [4.69, 9.17) is 16.3 Å². The Morgan fingerprint density at radius 2 is 2.05 bits per heavy atom. The quantitative estimate of drug-likeness (QED) is 0.314. The minimum atomic E-state index is 0. The number of ether oxygens (including phenoxy) is 1. The molecule has 0 aliphatic rings. The number of halogens is 2. The maximum Gasteiger partial charge on any atom is 0.191 e. The summed E-state index contributed by atoms with van der Waals surface area (Å²) < 4.78 is 4.98. The summed E-state index contributed by atoms with van der Waals surface area (Å²) in [5.74, 6) is 0.812. The van der Waals surface area contributed by atoms with Gasteiger partial charge in [-0.1, -0.05) is 29.8 Å². The number of benzene rings is 1. The van der Waals surface area contributed by atoms with E-state index < -0.39 is 0 Å². The van der Waals surface area contributed by atoms with E-state index in [-0.39, 0.29) is 24.0 Å². The van der Waals surface area contributed by atoms with E-state index in [0.717, 1.165) is 36.1 Å². The van der Waals surface area contributed by atoms with Crippen LogP contribution < -0.4 is 10.6 Å². The molecule has 0 atom stereocenters. The van der Waals surface area contributed by atoms with Gasteiger partial charge >= 0.3 is 0 Å². The van der Waals surface area contributed by atoms with Gasteiger partial charge < -0.3 is 15.4 Å². The van der Waals surface area contributed by atoms with Crippen molar-refractivity contribution in [2.24, 2.45) is 4.99 Å². The first-order valence-corrected chi connectivity index (χ1v) is 6.90. The van der Waals surface area contributed by atoms with Crippen LogP contribution in [0.25, 0.3) is 0 Å². The molecule has 6 heteroatoms. The molecule has 0 unspecified atom stereocenters. The van der Waals surface area contributed by atoms with E-state index in [9.17, 15) is 0 Å². The largest absolute Gasteiger partial charge is 0.383 e. The van der Waals surface area contributed by atoms with Crippen LogP contribution >= 0.6 is 35.6 Å². The van der Waals surface area contributed by atoms with E-state index in [1.807, 2.05) is 31.2 Å². The SMILES string of the molecule is CCNC(=NCCOC)NCCc1ccccc1Cl.I. The van der Waals surface area contributed by atoms with Crippen LogP contribution in [-0.4, -0.2) is 39.3 Å². The highest BCUT2D eigenvalue weighted by Gasteiger charge is 2.00. The fraction of sp³-hybridized carbons (Fsp3) is 0.500. The molecule has 0 radical (unpaired) electrons. The summed E-state index contributed by atoms with van der Waals surface area (Å²) in [5, 5.41) is 7.28. The zero-order valence-corrected chi connectivity index (χ0v) is 15.1. The van der Waals surface area contributed by atoms with Gasteiger partial charge in [0.05, 0.1) is 13.2 Å². The van der Waals surface area contributed by atoms with Crippen LogP contribution in [0.5, 0.6) is 0 Å². The fourth-order valence-corrected chi connectivity index (χ4v) is 1.84. The number of rotatable bonds is 7. The Morgan fingerprint density at radius 3 is 2.70 bits per heavy atom. The summed E-state index contributed by atoms with van der Waals surface area (Å²) in [4.78, 5) is 4.39. The van der Waals surface area contributed by atoms with E-state index in [2.05, 4.69) is 15.6 Å². The Labute approximate surface area is 143 Å². The van der Waals surface area contributed by atoms with Gasteiger partial charge in [0.25, 0.3) is 0 Å². The first-order valence-electron chi connectivity index (χ1n) is 6.52. The topological polar surface area (TPSA) is 45.7 Å². The van der Waals surface area contributed by atoms with Gasteiger partial charge in [-0.3, -0.25) is 4.99 Å². The number of nitrogens with one attached hydrogen (secondary N) is 2. The van der Waals surface area contributed by atoms with Crippen LogP contribution in [-0.2, 0) is 11.2 Å². The van der Waals surface area contributed by atoms with Crippen LogP contribution in [0.1, 0.15) is 12.5 Å². The third kappa shape index (κ3) is 7.91. The van der Waals surface area contributed by atoms with E-state index in [1.165, 1.54) is 0 Å². The molecule has 0 bridgehead atoms. The molecule has 20 heavy (non-hydrogen) atoms. The first-order chi connectivity index (χ1) is 9.27. The highest BCUT2D eigenvalue weighted by atomic mass is 127. The smallest absolute Gasteiger partial charge is 0.191 e. The molecule has 0 saturated carbocycles. The van der Waals surface area contributed by atoms with Gasteiger partial charge in [0.2, 0.25) is 0 Å². The third-order valence-electron chi connectivity index (χ3n) is 2.55. The predicted octanol–water partition coefficient (Wildman–Crippen LogP) is 2.70. The van der Waals surface area contributed by atoms with Crippen molar-refractivity contribution in [2.45, 2.75) is 13.3 Å². The Balaban J connectivity index is 0.00000361. The van der Waals surface area contributed by atoms with Gasteiger partial charge in [0, 0.05) is 25.2 Å². The van der Waals surface area contributed by atoms with Crippen molar-refractivity contribution in [3.63, 3.8) is 0 Å². The van der Waals surface area contributed by atoms with Gasteiger partial charge in [-0.15, -0.1) is 24.0 Å². The lowest BCUT2D eigenvalue weighted by atomic mass is 10.1. The van der Waals surface area contributed by atoms with Crippen LogP contribution in [0.4, 0.5) is 0 Å². The highest BCUT2D eigenvalue weighted by molar-refractivity contribution is 14.0. The molecule has 0 aliphatic carbocycles. The number of nitrogens with zero attached hydrogens (tertiary/aromatic N) is 1. The molecule has 1 aromatic rings. The summed E-state index contributed by atoms with van der Waals surface area (Å²) in [6, 6.07) is 7.89. The molecule has 0 amide bonds. The third-order valence-corrected chi connectivity index (χ3v) is 2.92. The minimum Gasteiger partial charge on any atom is -0.383 e. The maximum atomic E-state index is 6.11. The zero-order valence-electron chi connectivity index (χ0n) is 12.0. The molecule has 0 saturated heterocycles. The van der Waals surface area contributed by atoms with Crippen molar-refractivity contribution in [1.82, 2.24) is 10.6 Å². The monoisotopic (exact) mass is 411 g/mol. The van der Waals surface area contributed by atoms with Crippen molar-refractivity contribution < 1.29 is 4.74 Å². The second-order valence-corrected chi connectivity index (χ2v) is 4.43. The molecule has 114 valence electrons. The van der Waals surface area contributed by atoms with E-state index >= 15 is 0 Å². The molecular weight excluding hydrogens is 389 g/mol. The first kappa shape index (κ1) is 19.5. The predicted molar refractivity (Wildman–Crippen MR) is 96.4 cm³/mol. The molecule has 4 nitrogen and oxygen atoms in total. The molecule has 2 N–H and O–H groups in total. The Kier molecular flexibility index (Phi) is 11.9. The van der Waals surface area contributed by atoms with Gasteiger partial charge in [-0.2, -0.15) is 0 Å². The molecule has 0 aliphatic heterocycles. The Hall–Kier alpha value is -0.530. The fourth-order valence-electron chi connectivity index (χ4n) is 1.61. The average Bonchev–Trinajstić information content (AvgIpc) is 2.41. The number of methoxy groups -OCH3 is 1. The molecule has 0 fully saturated rings. The minimum absolute atomic E-state index is 0. The van der Waals surface area contributed by atoms with E-state index in [1.54, 1.807) is 7.11 Å². The van der Waals surface area contributed by atoms with Crippen molar-refractivity contribution in [2.75, 3.05) is 33.4 Å². The molecule has 1 aromatic carbocycles. The lowest BCUT2D eigenvalue weighted by Crippen LogP contribution is -2.38. The highest BCUT2D eigenvalue weighted by Crippen LogP contribution is 2.14. The van der Waals surface area contributed by atoms with Crippen LogP contribution in [0.3, 0.4) is 0 Å². The van der Waals surface area contributed by atoms with Gasteiger partial charge in [-0.05, 0) is 25.0 Å². The molecule has 1 rings (SSSR count). The van der Waals surface area contributed by atoms with E-state index in [0.29, 0.717) is 13.2 Å². The number of hydrogen-bond donors (Lipinski definition) is 2. The molecular formula is C14H23ClIN3O. The maximum absolute atomic E-state index is 6.11. The summed E-state index contributed by atoms with van der Waals surface area (Å²) in [6.45, 7) is 4.95. The summed E-state index contributed by atoms with van der Waals surface area (Å²) >= 11 is 6.11. The van der Waals surface area contributed by atoms with Crippen molar-refractivity contribution in [3.05, 3.63) is 34.9 Å². The Morgan fingerprint density at radius 1 is 1.30 bits per heavy atom. The van der Waals surface area contributed by atoms with Crippen molar-refractivity contribution >= 4 is 41.5 Å². The zero-order chi connectivity index (χ0) is 13.9. The Bertz CT molecular complexity index is 402. The second kappa shape index (κ2) is 12.2. The van der Waals surface area contributed by atoms with Crippen molar-refractivity contribution in [3.8, 4) is 0 Å². The van der Waals surface area contributed by atoms with Gasteiger partial charge in [-0.25, -0.2) is 0 Å². The van der Waals surface area contributed by atoms with Gasteiger partial charge in [0.1, 0.15) is 0 Å². The summed E-state index contributed by atoms with van der Waals surface area (Å²) in [5.41, 5.74) is 1.14. The molecule has 0 heterocycles. The molecule has 0 aromatic heterocycles. The summed E-state index contributed by atoms with van der Waals surface area (Å²) in [7, 11) is 1.67.